The molecule has 0 spiro atoms. The highest BCUT2D eigenvalue weighted by Gasteiger charge is 2.41. The zero-order valence-corrected chi connectivity index (χ0v) is 8.30. The third-order valence-electron chi connectivity index (χ3n) is 2.79. The summed E-state index contributed by atoms with van der Waals surface area (Å²) >= 11 is 6.05. The number of ether oxygens (including phenoxy) is 2. The highest BCUT2D eigenvalue weighted by molar-refractivity contribution is 6.32. The lowest BCUT2D eigenvalue weighted by molar-refractivity contribution is 0.174. The van der Waals surface area contributed by atoms with Gasteiger partial charge in [-0.2, -0.15) is 0 Å². The van der Waals surface area contributed by atoms with Crippen LogP contribution < -0.4 is 15.2 Å². The summed E-state index contributed by atoms with van der Waals surface area (Å²) < 4.78 is 10.5. The van der Waals surface area contributed by atoms with Crippen molar-refractivity contribution in [3.8, 4) is 11.5 Å². The highest BCUT2D eigenvalue weighted by Crippen LogP contribution is 2.48. The van der Waals surface area contributed by atoms with Crippen LogP contribution in [-0.4, -0.2) is 6.79 Å². The highest BCUT2D eigenvalue weighted by atomic mass is 35.5. The Bertz CT molecular complexity index is 401. The number of halogens is 1. The van der Waals surface area contributed by atoms with Gasteiger partial charge in [-0.15, -0.1) is 0 Å². The quantitative estimate of drug-likeness (QED) is 0.773. The number of fused-ring (bicyclic) bond motifs is 1. The SMILES string of the molecule is NC1(c2cc(Cl)c3c(c2)OCO3)CC1. The molecule has 1 aromatic carbocycles. The smallest absolute Gasteiger partial charge is 0.231 e. The van der Waals surface area contributed by atoms with Crippen molar-refractivity contribution in [2.24, 2.45) is 5.73 Å². The molecule has 0 saturated heterocycles. The molecule has 1 aliphatic heterocycles. The Labute approximate surface area is 86.7 Å². The van der Waals surface area contributed by atoms with Crippen LogP contribution in [0.15, 0.2) is 12.1 Å². The van der Waals surface area contributed by atoms with Gasteiger partial charge in [-0.1, -0.05) is 11.6 Å². The molecule has 74 valence electrons. The molecule has 3 nitrogen and oxygen atoms in total. The molecule has 3 rings (SSSR count). The topological polar surface area (TPSA) is 44.5 Å². The summed E-state index contributed by atoms with van der Waals surface area (Å²) in [6, 6.07) is 3.81. The van der Waals surface area contributed by atoms with Crippen molar-refractivity contribution in [1.82, 2.24) is 0 Å². The van der Waals surface area contributed by atoms with Crippen molar-refractivity contribution < 1.29 is 9.47 Å². The maximum Gasteiger partial charge on any atom is 0.231 e. The van der Waals surface area contributed by atoms with E-state index in [2.05, 4.69) is 0 Å². The third kappa shape index (κ3) is 1.09. The van der Waals surface area contributed by atoms with Crippen LogP contribution in [0.2, 0.25) is 5.02 Å². The van der Waals surface area contributed by atoms with Crippen molar-refractivity contribution >= 4 is 11.6 Å². The molecule has 2 aliphatic rings. The van der Waals surface area contributed by atoms with E-state index in [0.717, 1.165) is 18.4 Å². The van der Waals surface area contributed by atoms with Gasteiger partial charge in [0.05, 0.1) is 5.02 Å². The number of nitrogens with two attached hydrogens (primary N) is 1. The summed E-state index contributed by atoms with van der Waals surface area (Å²) in [6.07, 6.45) is 2.03. The van der Waals surface area contributed by atoms with E-state index in [1.165, 1.54) is 0 Å². The molecule has 1 saturated carbocycles. The van der Waals surface area contributed by atoms with Crippen molar-refractivity contribution in [3.63, 3.8) is 0 Å². The van der Waals surface area contributed by atoms with Crippen molar-refractivity contribution in [2.75, 3.05) is 6.79 Å². The van der Waals surface area contributed by atoms with Gasteiger partial charge < -0.3 is 15.2 Å². The molecule has 0 aromatic heterocycles. The second kappa shape index (κ2) is 2.55. The summed E-state index contributed by atoms with van der Waals surface area (Å²) in [5, 5.41) is 0.590. The summed E-state index contributed by atoms with van der Waals surface area (Å²) in [5.74, 6) is 1.35. The Kier molecular flexibility index (Phi) is 1.53. The minimum atomic E-state index is -0.176. The summed E-state index contributed by atoms with van der Waals surface area (Å²) in [4.78, 5) is 0. The van der Waals surface area contributed by atoms with E-state index in [1.807, 2.05) is 12.1 Å². The van der Waals surface area contributed by atoms with Crippen LogP contribution in [0.5, 0.6) is 11.5 Å². The van der Waals surface area contributed by atoms with Crippen LogP contribution in [0.1, 0.15) is 18.4 Å². The average Bonchev–Trinajstić information content (AvgIpc) is 2.75. The van der Waals surface area contributed by atoms with Gasteiger partial charge in [0.15, 0.2) is 11.5 Å². The fraction of sp³-hybridized carbons (Fsp3) is 0.400. The van der Waals surface area contributed by atoms with Crippen molar-refractivity contribution in [1.29, 1.82) is 0 Å². The summed E-state index contributed by atoms with van der Waals surface area (Å²) in [6.45, 7) is 0.246. The van der Waals surface area contributed by atoms with Crippen LogP contribution in [0.4, 0.5) is 0 Å². The molecule has 1 heterocycles. The van der Waals surface area contributed by atoms with Gasteiger partial charge in [-0.25, -0.2) is 0 Å². The first kappa shape index (κ1) is 8.38. The van der Waals surface area contributed by atoms with E-state index in [1.54, 1.807) is 0 Å². The molecule has 1 fully saturated rings. The van der Waals surface area contributed by atoms with Crippen molar-refractivity contribution in [3.05, 3.63) is 22.7 Å². The first-order valence-electron chi connectivity index (χ1n) is 4.58. The molecule has 1 aromatic rings. The summed E-state index contributed by atoms with van der Waals surface area (Å²) in [7, 11) is 0. The van der Waals surface area contributed by atoms with Crippen LogP contribution in [-0.2, 0) is 5.54 Å². The van der Waals surface area contributed by atoms with Gasteiger partial charge in [-0.05, 0) is 30.5 Å². The maximum absolute atomic E-state index is 6.08. The standard InChI is InChI=1S/C10H10ClNO2/c11-7-3-6(10(12)1-2-10)4-8-9(7)14-5-13-8/h3-4H,1-2,5,12H2. The van der Waals surface area contributed by atoms with Gasteiger partial charge in [0.1, 0.15) is 0 Å². The minimum Gasteiger partial charge on any atom is -0.454 e. The Morgan fingerprint density at radius 3 is 2.79 bits per heavy atom. The summed E-state index contributed by atoms with van der Waals surface area (Å²) in [5.41, 5.74) is 6.95. The Morgan fingerprint density at radius 2 is 2.07 bits per heavy atom. The lowest BCUT2D eigenvalue weighted by Crippen LogP contribution is -2.18. The number of hydrogen-bond donors (Lipinski definition) is 1. The fourth-order valence-electron chi connectivity index (χ4n) is 1.68. The molecule has 14 heavy (non-hydrogen) atoms. The fourth-order valence-corrected chi connectivity index (χ4v) is 1.94. The molecule has 1 aliphatic carbocycles. The number of rotatable bonds is 1. The van der Waals surface area contributed by atoms with E-state index in [4.69, 9.17) is 26.8 Å². The van der Waals surface area contributed by atoms with E-state index < -0.39 is 0 Å². The van der Waals surface area contributed by atoms with Gasteiger partial charge in [0.25, 0.3) is 0 Å². The molecule has 4 heteroatoms. The first-order valence-corrected chi connectivity index (χ1v) is 4.95. The Hall–Kier alpha value is -0.930. The Balaban J connectivity index is 2.12. The van der Waals surface area contributed by atoms with Crippen molar-refractivity contribution in [2.45, 2.75) is 18.4 Å². The molecule has 0 radical (unpaired) electrons. The van der Waals surface area contributed by atoms with E-state index >= 15 is 0 Å². The lowest BCUT2D eigenvalue weighted by Gasteiger charge is -2.10. The molecule has 0 bridgehead atoms. The minimum absolute atomic E-state index is 0.176. The van der Waals surface area contributed by atoms with Gasteiger partial charge in [0, 0.05) is 5.54 Å². The molecule has 2 N–H and O–H groups in total. The predicted octanol–water partition coefficient (Wildman–Crippen LogP) is 2.02. The van der Waals surface area contributed by atoms with Crippen LogP contribution in [0, 0.1) is 0 Å². The van der Waals surface area contributed by atoms with Crippen LogP contribution >= 0.6 is 11.6 Å². The zero-order chi connectivity index (χ0) is 9.76. The molecule has 0 unspecified atom stereocenters. The van der Waals surface area contributed by atoms with Gasteiger partial charge in [-0.3, -0.25) is 0 Å². The molecule has 0 amide bonds. The van der Waals surface area contributed by atoms with Crippen LogP contribution in [0.25, 0.3) is 0 Å². The maximum atomic E-state index is 6.08. The van der Waals surface area contributed by atoms with E-state index in [-0.39, 0.29) is 12.3 Å². The number of benzene rings is 1. The second-order valence-electron chi connectivity index (χ2n) is 3.85. The van der Waals surface area contributed by atoms with Gasteiger partial charge in [0.2, 0.25) is 6.79 Å². The normalized spacial score (nSPS) is 21.0. The molecular formula is C10H10ClNO2. The lowest BCUT2D eigenvalue weighted by atomic mass is 10.1. The van der Waals surface area contributed by atoms with E-state index in [9.17, 15) is 0 Å². The second-order valence-corrected chi connectivity index (χ2v) is 4.26. The average molecular weight is 212 g/mol. The van der Waals surface area contributed by atoms with E-state index in [0.29, 0.717) is 16.5 Å². The Morgan fingerprint density at radius 1 is 1.29 bits per heavy atom. The molecule has 0 atom stereocenters. The number of hydrogen-bond acceptors (Lipinski definition) is 3. The predicted molar refractivity (Wildman–Crippen MR) is 52.7 cm³/mol. The van der Waals surface area contributed by atoms with Gasteiger partial charge >= 0.3 is 0 Å². The largest absolute Gasteiger partial charge is 0.454 e. The monoisotopic (exact) mass is 211 g/mol. The van der Waals surface area contributed by atoms with Crippen LogP contribution in [0.3, 0.4) is 0 Å². The third-order valence-corrected chi connectivity index (χ3v) is 3.07. The zero-order valence-electron chi connectivity index (χ0n) is 7.55. The first-order chi connectivity index (χ1) is 6.69. The molecular weight excluding hydrogens is 202 g/mol.